The van der Waals surface area contributed by atoms with Crippen molar-refractivity contribution in [2.45, 2.75) is 20.8 Å². The fourth-order valence-electron chi connectivity index (χ4n) is 1.74. The standard InChI is InChI=1S/C13H21N3O2S/c1-5-16(6-2)12(17)8-15(4)13(18)11-7-10(14)9(3)19-11/h7H,5-6,8,14H2,1-4H3. The Balaban J connectivity index is 2.70. The van der Waals surface area contributed by atoms with Gasteiger partial charge in [0.15, 0.2) is 0 Å². The second-order valence-corrected chi connectivity index (χ2v) is 5.61. The molecule has 1 rings (SSSR count). The van der Waals surface area contributed by atoms with E-state index < -0.39 is 0 Å². The number of amides is 2. The number of rotatable bonds is 5. The highest BCUT2D eigenvalue weighted by molar-refractivity contribution is 7.14. The molecule has 0 unspecified atom stereocenters. The minimum absolute atomic E-state index is 0.0397. The summed E-state index contributed by atoms with van der Waals surface area (Å²) in [6, 6.07) is 1.67. The maximum absolute atomic E-state index is 12.2. The van der Waals surface area contributed by atoms with Crippen LogP contribution in [0.3, 0.4) is 0 Å². The average Bonchev–Trinajstić information content (AvgIpc) is 2.70. The third-order valence-electron chi connectivity index (χ3n) is 3.00. The SMILES string of the molecule is CCN(CC)C(=O)CN(C)C(=O)c1cc(N)c(C)s1. The third-order valence-corrected chi connectivity index (χ3v) is 4.06. The van der Waals surface area contributed by atoms with Crippen LogP contribution in [0.5, 0.6) is 0 Å². The minimum atomic E-state index is -0.162. The van der Waals surface area contributed by atoms with Crippen molar-refractivity contribution < 1.29 is 9.59 Å². The first-order valence-electron chi connectivity index (χ1n) is 6.29. The van der Waals surface area contributed by atoms with Crippen LogP contribution in [0.25, 0.3) is 0 Å². The maximum atomic E-state index is 12.2. The highest BCUT2D eigenvalue weighted by Crippen LogP contribution is 2.24. The molecule has 19 heavy (non-hydrogen) atoms. The fraction of sp³-hybridized carbons (Fsp3) is 0.538. The number of likely N-dealkylation sites (N-methyl/N-ethyl adjacent to an activating group) is 2. The van der Waals surface area contributed by atoms with Crippen LogP contribution in [0.1, 0.15) is 28.4 Å². The summed E-state index contributed by atoms with van der Waals surface area (Å²) in [6.07, 6.45) is 0. The molecule has 2 N–H and O–H groups in total. The second kappa shape index (κ2) is 6.56. The van der Waals surface area contributed by atoms with Crippen molar-refractivity contribution in [2.75, 3.05) is 32.4 Å². The van der Waals surface area contributed by atoms with Crippen LogP contribution in [0, 0.1) is 6.92 Å². The number of hydrogen-bond donors (Lipinski definition) is 1. The zero-order valence-corrected chi connectivity index (χ0v) is 12.7. The Morgan fingerprint density at radius 3 is 2.32 bits per heavy atom. The van der Waals surface area contributed by atoms with Crippen molar-refractivity contribution in [2.24, 2.45) is 0 Å². The van der Waals surface area contributed by atoms with Gasteiger partial charge < -0.3 is 15.5 Å². The zero-order chi connectivity index (χ0) is 14.6. The van der Waals surface area contributed by atoms with Crippen molar-refractivity contribution >= 4 is 28.8 Å². The molecule has 1 heterocycles. The minimum Gasteiger partial charge on any atom is -0.398 e. The molecular formula is C13H21N3O2S. The number of carbonyl (C=O) groups is 2. The fourth-order valence-corrected chi connectivity index (χ4v) is 2.68. The summed E-state index contributed by atoms with van der Waals surface area (Å²) in [4.78, 5) is 28.7. The molecule has 0 aliphatic carbocycles. The van der Waals surface area contributed by atoms with E-state index >= 15 is 0 Å². The molecule has 1 aromatic rings. The largest absolute Gasteiger partial charge is 0.398 e. The van der Waals surface area contributed by atoms with E-state index in [4.69, 9.17) is 5.73 Å². The van der Waals surface area contributed by atoms with Gasteiger partial charge in [0.2, 0.25) is 5.91 Å². The Kier molecular flexibility index (Phi) is 5.35. The first kappa shape index (κ1) is 15.5. The predicted octanol–water partition coefficient (Wildman–Crippen LogP) is 1.58. The molecule has 0 atom stereocenters. The Morgan fingerprint density at radius 2 is 1.89 bits per heavy atom. The normalized spacial score (nSPS) is 10.3. The summed E-state index contributed by atoms with van der Waals surface area (Å²) in [6.45, 7) is 7.12. The van der Waals surface area contributed by atoms with Gasteiger partial charge in [-0.2, -0.15) is 0 Å². The lowest BCUT2D eigenvalue weighted by Gasteiger charge is -2.22. The second-order valence-electron chi connectivity index (χ2n) is 4.35. The molecule has 0 fully saturated rings. The lowest BCUT2D eigenvalue weighted by atomic mass is 10.3. The lowest BCUT2D eigenvalue weighted by Crippen LogP contribution is -2.40. The molecule has 5 nitrogen and oxygen atoms in total. The zero-order valence-electron chi connectivity index (χ0n) is 11.9. The molecule has 6 heteroatoms. The number of nitrogen functional groups attached to an aromatic ring is 1. The first-order valence-corrected chi connectivity index (χ1v) is 7.11. The van der Waals surface area contributed by atoms with Gasteiger partial charge >= 0.3 is 0 Å². The Labute approximate surface area is 118 Å². The third kappa shape index (κ3) is 3.70. The summed E-state index contributed by atoms with van der Waals surface area (Å²) in [5.41, 5.74) is 6.36. The van der Waals surface area contributed by atoms with Gasteiger partial charge in [-0.25, -0.2) is 0 Å². The number of nitrogens with two attached hydrogens (primary N) is 1. The van der Waals surface area contributed by atoms with Crippen molar-refractivity contribution in [3.05, 3.63) is 15.8 Å². The predicted molar refractivity (Wildman–Crippen MR) is 78.4 cm³/mol. The first-order chi connectivity index (χ1) is 8.90. The Morgan fingerprint density at radius 1 is 1.32 bits per heavy atom. The molecule has 106 valence electrons. The molecule has 0 bridgehead atoms. The van der Waals surface area contributed by atoms with Crippen LogP contribution >= 0.6 is 11.3 Å². The average molecular weight is 283 g/mol. The van der Waals surface area contributed by atoms with Crippen LogP contribution in [-0.4, -0.2) is 48.3 Å². The summed E-state index contributed by atoms with van der Waals surface area (Å²) in [7, 11) is 1.63. The maximum Gasteiger partial charge on any atom is 0.264 e. The van der Waals surface area contributed by atoms with Gasteiger partial charge in [0.25, 0.3) is 5.91 Å². The molecule has 1 aromatic heterocycles. The molecule has 2 amide bonds. The summed E-state index contributed by atoms with van der Waals surface area (Å²) in [5, 5.41) is 0. The van der Waals surface area contributed by atoms with E-state index in [-0.39, 0.29) is 18.4 Å². The summed E-state index contributed by atoms with van der Waals surface area (Å²) >= 11 is 1.36. The molecular weight excluding hydrogens is 262 g/mol. The smallest absolute Gasteiger partial charge is 0.264 e. The molecule has 0 aliphatic heterocycles. The molecule has 0 saturated heterocycles. The van der Waals surface area contributed by atoms with E-state index in [2.05, 4.69) is 0 Å². The van der Waals surface area contributed by atoms with Gasteiger partial charge in [0.05, 0.1) is 11.4 Å². The Bertz CT molecular complexity index is 447. The van der Waals surface area contributed by atoms with E-state index in [0.717, 1.165) is 4.88 Å². The van der Waals surface area contributed by atoms with Crippen molar-refractivity contribution in [1.82, 2.24) is 9.80 Å². The van der Waals surface area contributed by atoms with Crippen molar-refractivity contribution in [3.63, 3.8) is 0 Å². The number of aryl methyl sites for hydroxylation is 1. The monoisotopic (exact) mass is 283 g/mol. The molecule has 0 spiro atoms. The van der Waals surface area contributed by atoms with Crippen LogP contribution in [0.4, 0.5) is 5.69 Å². The number of hydrogen-bond acceptors (Lipinski definition) is 4. The van der Waals surface area contributed by atoms with E-state index in [1.165, 1.54) is 16.2 Å². The number of thiophene rings is 1. The van der Waals surface area contributed by atoms with Gasteiger partial charge in [-0.15, -0.1) is 11.3 Å². The molecule has 0 radical (unpaired) electrons. The highest BCUT2D eigenvalue weighted by Gasteiger charge is 2.19. The van der Waals surface area contributed by atoms with Crippen molar-refractivity contribution in [1.29, 1.82) is 0 Å². The van der Waals surface area contributed by atoms with Crippen LogP contribution in [-0.2, 0) is 4.79 Å². The van der Waals surface area contributed by atoms with Crippen molar-refractivity contribution in [3.8, 4) is 0 Å². The quantitative estimate of drug-likeness (QED) is 0.892. The van der Waals surface area contributed by atoms with E-state index in [1.54, 1.807) is 18.0 Å². The Hall–Kier alpha value is -1.56. The van der Waals surface area contributed by atoms with Gasteiger partial charge in [-0.05, 0) is 26.8 Å². The van der Waals surface area contributed by atoms with Gasteiger partial charge in [-0.3, -0.25) is 9.59 Å². The van der Waals surface area contributed by atoms with Gasteiger partial charge in [0.1, 0.15) is 0 Å². The number of nitrogens with zero attached hydrogens (tertiary/aromatic N) is 2. The van der Waals surface area contributed by atoms with Crippen LogP contribution < -0.4 is 5.73 Å². The van der Waals surface area contributed by atoms with E-state index in [1.807, 2.05) is 20.8 Å². The van der Waals surface area contributed by atoms with Gasteiger partial charge in [0, 0.05) is 30.7 Å². The van der Waals surface area contributed by atoms with Gasteiger partial charge in [-0.1, -0.05) is 0 Å². The van der Waals surface area contributed by atoms with E-state index in [0.29, 0.717) is 23.7 Å². The molecule has 0 aliphatic rings. The highest BCUT2D eigenvalue weighted by atomic mass is 32.1. The number of carbonyl (C=O) groups excluding carboxylic acids is 2. The number of anilines is 1. The van der Waals surface area contributed by atoms with Crippen LogP contribution in [0.2, 0.25) is 0 Å². The summed E-state index contributed by atoms with van der Waals surface area (Å²) < 4.78 is 0. The topological polar surface area (TPSA) is 66.6 Å². The summed E-state index contributed by atoms with van der Waals surface area (Å²) in [5.74, 6) is -0.201. The molecule has 0 aromatic carbocycles. The lowest BCUT2D eigenvalue weighted by molar-refractivity contribution is -0.131. The van der Waals surface area contributed by atoms with E-state index in [9.17, 15) is 9.59 Å². The molecule has 0 saturated carbocycles. The van der Waals surface area contributed by atoms with Crippen LogP contribution in [0.15, 0.2) is 6.07 Å².